The molecule has 0 aliphatic rings. The second-order valence-electron chi connectivity index (χ2n) is 4.85. The zero-order chi connectivity index (χ0) is 16.2. The van der Waals surface area contributed by atoms with Gasteiger partial charge in [0.2, 0.25) is 11.7 Å². The lowest BCUT2D eigenvalue weighted by molar-refractivity contribution is 0.100. The van der Waals surface area contributed by atoms with E-state index in [9.17, 15) is 4.79 Å². The summed E-state index contributed by atoms with van der Waals surface area (Å²) in [7, 11) is 0. The van der Waals surface area contributed by atoms with Crippen LogP contribution in [0.2, 0.25) is 0 Å². The fourth-order valence-electron chi connectivity index (χ4n) is 2.13. The van der Waals surface area contributed by atoms with Crippen molar-refractivity contribution in [2.24, 2.45) is 5.73 Å². The second-order valence-corrected chi connectivity index (χ2v) is 4.85. The van der Waals surface area contributed by atoms with Gasteiger partial charge in [0.15, 0.2) is 0 Å². The molecule has 0 bridgehead atoms. The highest BCUT2D eigenvalue weighted by Gasteiger charge is 2.09. The van der Waals surface area contributed by atoms with Crippen LogP contribution in [0.5, 0.6) is 0 Å². The molecule has 0 radical (unpaired) electrons. The van der Waals surface area contributed by atoms with Gasteiger partial charge in [-0.05, 0) is 29.0 Å². The number of primary amides is 1. The summed E-state index contributed by atoms with van der Waals surface area (Å²) in [6, 6.07) is 16.1. The summed E-state index contributed by atoms with van der Waals surface area (Å²) >= 11 is 0. The average Bonchev–Trinajstić information content (AvgIpc) is 3.04. The Morgan fingerprint density at radius 1 is 1.17 bits per heavy atom. The number of hydrogen-bond acceptors (Lipinski definition) is 5. The van der Waals surface area contributed by atoms with Crippen LogP contribution in [-0.4, -0.2) is 26.1 Å². The maximum Gasteiger partial charge on any atom is 0.248 e. The third-order valence-corrected chi connectivity index (χ3v) is 3.33. The Balaban J connectivity index is 1.83. The Kier molecular flexibility index (Phi) is 3.80. The van der Waals surface area contributed by atoms with Gasteiger partial charge in [0.1, 0.15) is 0 Å². The van der Waals surface area contributed by atoms with Crippen LogP contribution in [-0.2, 0) is 6.54 Å². The lowest BCUT2D eigenvalue weighted by atomic mass is 10.1. The number of nitrogens with two attached hydrogens (primary N) is 1. The number of amides is 1. The third kappa shape index (κ3) is 3.06. The first kappa shape index (κ1) is 14.4. The van der Waals surface area contributed by atoms with Crippen LogP contribution in [0.3, 0.4) is 0 Å². The van der Waals surface area contributed by atoms with Crippen molar-refractivity contribution in [3.63, 3.8) is 0 Å². The van der Waals surface area contributed by atoms with Gasteiger partial charge >= 0.3 is 0 Å². The van der Waals surface area contributed by atoms with Gasteiger partial charge in [-0.2, -0.15) is 10.1 Å². The maximum atomic E-state index is 11.1. The zero-order valence-electron chi connectivity index (χ0n) is 12.0. The molecule has 1 aromatic heterocycles. The van der Waals surface area contributed by atoms with E-state index in [2.05, 4.69) is 21.5 Å². The Bertz CT molecular complexity index is 891. The van der Waals surface area contributed by atoms with Crippen LogP contribution < -0.4 is 5.73 Å². The Labute approximate surface area is 132 Å². The highest BCUT2D eigenvalue weighted by molar-refractivity contribution is 5.93. The van der Waals surface area contributed by atoms with Crippen molar-refractivity contribution >= 4 is 5.91 Å². The number of carbonyl (C=O) groups is 1. The molecule has 0 saturated carbocycles. The minimum Gasteiger partial charge on any atom is -0.366 e. The summed E-state index contributed by atoms with van der Waals surface area (Å²) < 4.78 is 0. The van der Waals surface area contributed by atoms with E-state index in [0.717, 1.165) is 11.1 Å². The quantitative estimate of drug-likeness (QED) is 0.782. The van der Waals surface area contributed by atoms with Crippen LogP contribution in [0, 0.1) is 11.3 Å². The standard InChI is InChI=1S/C16H12N6O/c17-9-13-3-1-2-4-14(13)10-22-20-16(19-21-22)12-7-5-11(6-8-12)15(18)23/h1-8H,10H2,(H2,18,23). The van der Waals surface area contributed by atoms with Gasteiger partial charge in [0, 0.05) is 11.1 Å². The fraction of sp³-hybridized carbons (Fsp3) is 0.0625. The summed E-state index contributed by atoms with van der Waals surface area (Å²) in [5.41, 5.74) is 7.76. The SMILES string of the molecule is N#Cc1ccccc1Cn1nnc(-c2ccc(C(N)=O)cc2)n1. The summed E-state index contributed by atoms with van der Waals surface area (Å²) in [4.78, 5) is 12.5. The van der Waals surface area contributed by atoms with E-state index in [4.69, 9.17) is 11.0 Å². The number of nitrogens with zero attached hydrogens (tertiary/aromatic N) is 5. The lowest BCUT2D eigenvalue weighted by Crippen LogP contribution is -2.10. The molecule has 3 rings (SSSR count). The number of hydrogen-bond donors (Lipinski definition) is 1. The molecule has 1 amide bonds. The van der Waals surface area contributed by atoms with Gasteiger partial charge < -0.3 is 5.73 Å². The van der Waals surface area contributed by atoms with Crippen molar-refractivity contribution in [1.82, 2.24) is 20.2 Å². The molecule has 0 atom stereocenters. The van der Waals surface area contributed by atoms with Crippen molar-refractivity contribution in [3.8, 4) is 17.5 Å². The van der Waals surface area contributed by atoms with Gasteiger partial charge in [0.25, 0.3) is 0 Å². The molecule has 0 spiro atoms. The van der Waals surface area contributed by atoms with Crippen LogP contribution in [0.1, 0.15) is 21.5 Å². The number of tetrazole rings is 1. The Morgan fingerprint density at radius 3 is 2.61 bits per heavy atom. The van der Waals surface area contributed by atoms with Crippen molar-refractivity contribution in [1.29, 1.82) is 5.26 Å². The van der Waals surface area contributed by atoms with E-state index in [1.807, 2.05) is 18.2 Å². The molecular weight excluding hydrogens is 292 g/mol. The first-order valence-corrected chi connectivity index (χ1v) is 6.83. The van der Waals surface area contributed by atoms with E-state index < -0.39 is 5.91 Å². The first-order chi connectivity index (χ1) is 11.2. The van der Waals surface area contributed by atoms with Gasteiger partial charge in [-0.1, -0.05) is 30.3 Å². The van der Waals surface area contributed by atoms with Gasteiger partial charge in [-0.15, -0.1) is 10.2 Å². The van der Waals surface area contributed by atoms with Gasteiger partial charge in [0.05, 0.1) is 18.2 Å². The van der Waals surface area contributed by atoms with Crippen LogP contribution in [0.15, 0.2) is 48.5 Å². The number of carbonyl (C=O) groups excluding carboxylic acids is 1. The maximum absolute atomic E-state index is 11.1. The molecule has 0 saturated heterocycles. The summed E-state index contributed by atoms with van der Waals surface area (Å²) in [6.07, 6.45) is 0. The molecule has 2 N–H and O–H groups in total. The predicted octanol–water partition coefficient (Wildman–Crippen LogP) is 1.36. The topological polar surface area (TPSA) is 110 Å². The molecule has 7 heteroatoms. The number of aromatic nitrogens is 4. The zero-order valence-corrected chi connectivity index (χ0v) is 12.0. The molecule has 0 aliphatic heterocycles. The normalized spacial score (nSPS) is 10.2. The molecule has 7 nitrogen and oxygen atoms in total. The molecule has 1 heterocycles. The smallest absolute Gasteiger partial charge is 0.248 e. The molecule has 3 aromatic rings. The minimum atomic E-state index is -0.485. The monoisotopic (exact) mass is 304 g/mol. The average molecular weight is 304 g/mol. The van der Waals surface area contributed by atoms with E-state index in [-0.39, 0.29) is 0 Å². The van der Waals surface area contributed by atoms with Crippen molar-refractivity contribution in [3.05, 3.63) is 65.2 Å². The fourth-order valence-corrected chi connectivity index (χ4v) is 2.13. The van der Waals surface area contributed by atoms with Gasteiger partial charge in [-0.3, -0.25) is 4.79 Å². The van der Waals surface area contributed by atoms with Crippen molar-refractivity contribution < 1.29 is 4.79 Å². The third-order valence-electron chi connectivity index (χ3n) is 3.33. The first-order valence-electron chi connectivity index (χ1n) is 6.83. The number of nitriles is 1. The molecule has 0 unspecified atom stereocenters. The highest BCUT2D eigenvalue weighted by atomic mass is 16.1. The van der Waals surface area contributed by atoms with E-state index in [0.29, 0.717) is 23.5 Å². The van der Waals surface area contributed by atoms with Gasteiger partial charge in [-0.25, -0.2) is 0 Å². The highest BCUT2D eigenvalue weighted by Crippen LogP contribution is 2.15. The molecular formula is C16H12N6O. The summed E-state index contributed by atoms with van der Waals surface area (Å²) in [5, 5.41) is 21.4. The van der Waals surface area contributed by atoms with Crippen molar-refractivity contribution in [2.75, 3.05) is 0 Å². The molecule has 112 valence electrons. The molecule has 23 heavy (non-hydrogen) atoms. The lowest BCUT2D eigenvalue weighted by Gasteiger charge is -2.01. The Hall–Kier alpha value is -3.53. The van der Waals surface area contributed by atoms with Crippen LogP contribution in [0.4, 0.5) is 0 Å². The summed E-state index contributed by atoms with van der Waals surface area (Å²) in [5.74, 6) is -0.0447. The molecule has 2 aromatic carbocycles. The Morgan fingerprint density at radius 2 is 1.91 bits per heavy atom. The molecule has 0 aliphatic carbocycles. The molecule has 0 fully saturated rings. The van der Waals surface area contributed by atoms with E-state index in [1.54, 1.807) is 30.3 Å². The predicted molar refractivity (Wildman–Crippen MR) is 82.0 cm³/mol. The van der Waals surface area contributed by atoms with Crippen molar-refractivity contribution in [2.45, 2.75) is 6.54 Å². The number of rotatable bonds is 4. The summed E-state index contributed by atoms with van der Waals surface area (Å²) in [6.45, 7) is 0.357. The van der Waals surface area contributed by atoms with E-state index >= 15 is 0 Å². The van der Waals surface area contributed by atoms with Crippen LogP contribution >= 0.6 is 0 Å². The van der Waals surface area contributed by atoms with Crippen LogP contribution in [0.25, 0.3) is 11.4 Å². The number of benzene rings is 2. The second kappa shape index (κ2) is 6.07. The van der Waals surface area contributed by atoms with E-state index in [1.165, 1.54) is 4.80 Å². The minimum absolute atomic E-state index is 0.357. The largest absolute Gasteiger partial charge is 0.366 e.